The molecule has 1 aromatic rings. The zero-order chi connectivity index (χ0) is 13.8. The van der Waals surface area contributed by atoms with Crippen molar-refractivity contribution in [2.75, 3.05) is 20.7 Å². The second-order valence-corrected chi connectivity index (χ2v) is 5.70. The fourth-order valence-electron chi connectivity index (χ4n) is 1.15. The van der Waals surface area contributed by atoms with Crippen LogP contribution in [-0.2, 0) is 14.8 Å². The van der Waals surface area contributed by atoms with Crippen molar-refractivity contribution < 1.29 is 17.9 Å². The number of hydrogen-bond donors (Lipinski definition) is 0. The quantitative estimate of drug-likeness (QED) is 0.747. The van der Waals surface area contributed by atoms with Crippen molar-refractivity contribution in [1.29, 1.82) is 5.26 Å². The number of nitrogens with zero attached hydrogens (tertiary/aromatic N) is 2. The Balaban J connectivity index is 2.94. The summed E-state index contributed by atoms with van der Waals surface area (Å²) in [7, 11) is -0.665. The van der Waals surface area contributed by atoms with Gasteiger partial charge in [0.15, 0.2) is 6.61 Å². The Hall–Kier alpha value is -1.91. The molecule has 0 unspecified atom stereocenters. The van der Waals surface area contributed by atoms with E-state index in [1.54, 1.807) is 6.07 Å². The number of carbonyl (C=O) groups is 1. The molecule has 0 atom stereocenters. The van der Waals surface area contributed by atoms with Gasteiger partial charge in [-0.05, 0) is 24.3 Å². The van der Waals surface area contributed by atoms with E-state index in [4.69, 9.17) is 5.26 Å². The normalized spacial score (nSPS) is 11.0. The average Bonchev–Trinajstić information content (AvgIpc) is 2.35. The van der Waals surface area contributed by atoms with Crippen LogP contribution >= 0.6 is 0 Å². The van der Waals surface area contributed by atoms with Crippen molar-refractivity contribution in [3.8, 4) is 6.07 Å². The molecular weight excluding hydrogens is 256 g/mol. The van der Waals surface area contributed by atoms with Crippen molar-refractivity contribution in [2.24, 2.45) is 0 Å². The molecule has 0 bridgehead atoms. The smallest absolute Gasteiger partial charge is 0.339 e. The minimum absolute atomic E-state index is 0.0873. The number of carbonyl (C=O) groups excluding carboxylic acids is 1. The highest BCUT2D eigenvalue weighted by molar-refractivity contribution is 7.89. The van der Waals surface area contributed by atoms with Gasteiger partial charge in [0.1, 0.15) is 6.07 Å². The number of hydrogen-bond acceptors (Lipinski definition) is 5. The molecule has 0 saturated carbocycles. The van der Waals surface area contributed by atoms with Crippen molar-refractivity contribution in [3.63, 3.8) is 0 Å². The molecule has 1 rings (SSSR count). The lowest BCUT2D eigenvalue weighted by Gasteiger charge is -2.11. The van der Waals surface area contributed by atoms with Crippen molar-refractivity contribution >= 4 is 16.0 Å². The second-order valence-electron chi connectivity index (χ2n) is 3.55. The van der Waals surface area contributed by atoms with Gasteiger partial charge in [-0.15, -0.1) is 0 Å². The summed E-state index contributed by atoms with van der Waals surface area (Å²) < 4.78 is 29.2. The molecule has 1 aromatic carbocycles. The number of rotatable bonds is 4. The van der Waals surface area contributed by atoms with Gasteiger partial charge in [0.05, 0.1) is 10.5 Å². The maximum Gasteiger partial charge on any atom is 0.339 e. The first kappa shape index (κ1) is 14.2. The topological polar surface area (TPSA) is 87.5 Å². The lowest BCUT2D eigenvalue weighted by molar-refractivity contribution is 0.0555. The standard InChI is InChI=1S/C11H12N2O4S/c1-13(2)18(15,16)10-5-3-9(4-6-10)11(14)17-8-7-12/h3-6H,8H2,1-2H3. The third-order valence-electron chi connectivity index (χ3n) is 2.14. The third kappa shape index (κ3) is 3.06. The highest BCUT2D eigenvalue weighted by Crippen LogP contribution is 2.14. The van der Waals surface area contributed by atoms with Gasteiger partial charge in [0.2, 0.25) is 10.0 Å². The van der Waals surface area contributed by atoms with E-state index in [1.807, 2.05) is 0 Å². The Labute approximate surface area is 105 Å². The molecule has 0 radical (unpaired) electrons. The SMILES string of the molecule is CN(C)S(=O)(=O)c1ccc(C(=O)OCC#N)cc1. The lowest BCUT2D eigenvalue weighted by atomic mass is 10.2. The van der Waals surface area contributed by atoms with E-state index in [9.17, 15) is 13.2 Å². The second kappa shape index (κ2) is 5.62. The van der Waals surface area contributed by atoms with Crippen LogP contribution in [0, 0.1) is 11.3 Å². The van der Waals surface area contributed by atoms with Gasteiger partial charge >= 0.3 is 5.97 Å². The van der Waals surface area contributed by atoms with Crippen molar-refractivity contribution in [3.05, 3.63) is 29.8 Å². The molecule has 0 aromatic heterocycles. The fourth-order valence-corrected chi connectivity index (χ4v) is 2.06. The number of benzene rings is 1. The molecule has 0 aliphatic carbocycles. The fraction of sp³-hybridized carbons (Fsp3) is 0.273. The van der Waals surface area contributed by atoms with Crippen LogP contribution in [0.2, 0.25) is 0 Å². The molecule has 0 N–H and O–H groups in total. The third-order valence-corrected chi connectivity index (χ3v) is 3.97. The van der Waals surface area contributed by atoms with E-state index in [0.717, 1.165) is 4.31 Å². The Kier molecular flexibility index (Phi) is 4.42. The van der Waals surface area contributed by atoms with Crippen LogP contribution in [-0.4, -0.2) is 39.4 Å². The van der Waals surface area contributed by atoms with Gasteiger partial charge in [0.25, 0.3) is 0 Å². The number of sulfonamides is 1. The van der Waals surface area contributed by atoms with Crippen LogP contribution in [0.3, 0.4) is 0 Å². The molecule has 0 aliphatic heterocycles. The molecule has 0 spiro atoms. The van der Waals surface area contributed by atoms with Gasteiger partial charge in [-0.2, -0.15) is 5.26 Å². The average molecular weight is 268 g/mol. The first-order chi connectivity index (χ1) is 8.39. The predicted molar refractivity (Wildman–Crippen MR) is 63.2 cm³/mol. The van der Waals surface area contributed by atoms with Crippen LogP contribution in [0.4, 0.5) is 0 Å². The minimum atomic E-state index is -3.51. The summed E-state index contributed by atoms with van der Waals surface area (Å²) >= 11 is 0. The first-order valence-corrected chi connectivity index (χ1v) is 6.40. The summed E-state index contributed by atoms with van der Waals surface area (Å²) in [6.07, 6.45) is 0. The number of esters is 1. The lowest BCUT2D eigenvalue weighted by Crippen LogP contribution is -2.22. The molecule has 0 fully saturated rings. The largest absolute Gasteiger partial charge is 0.447 e. The molecule has 18 heavy (non-hydrogen) atoms. The molecule has 96 valence electrons. The van der Waals surface area contributed by atoms with Crippen molar-refractivity contribution in [2.45, 2.75) is 4.90 Å². The molecule has 0 saturated heterocycles. The van der Waals surface area contributed by atoms with Crippen molar-refractivity contribution in [1.82, 2.24) is 4.31 Å². The molecule has 6 nitrogen and oxygen atoms in total. The maximum atomic E-state index is 11.8. The zero-order valence-corrected chi connectivity index (χ0v) is 10.8. The Bertz CT molecular complexity index is 570. The van der Waals surface area contributed by atoms with Gasteiger partial charge in [0, 0.05) is 14.1 Å². The van der Waals surface area contributed by atoms with E-state index >= 15 is 0 Å². The van der Waals surface area contributed by atoms with Crippen LogP contribution in [0.1, 0.15) is 10.4 Å². The summed E-state index contributed by atoms with van der Waals surface area (Å²) in [5.74, 6) is -0.662. The Morgan fingerprint density at radius 3 is 2.33 bits per heavy atom. The van der Waals surface area contributed by atoms with Crippen LogP contribution < -0.4 is 0 Å². The van der Waals surface area contributed by atoms with Gasteiger partial charge in [-0.25, -0.2) is 17.5 Å². The molecular formula is C11H12N2O4S. The van der Waals surface area contributed by atoms with E-state index in [-0.39, 0.29) is 17.1 Å². The summed E-state index contributed by atoms with van der Waals surface area (Å²) in [6.45, 7) is -0.337. The molecule has 7 heteroatoms. The Morgan fingerprint density at radius 1 is 1.33 bits per heavy atom. The van der Waals surface area contributed by atoms with E-state index in [0.29, 0.717) is 0 Å². The highest BCUT2D eigenvalue weighted by Gasteiger charge is 2.17. The van der Waals surface area contributed by atoms with Crippen LogP contribution in [0.15, 0.2) is 29.2 Å². The highest BCUT2D eigenvalue weighted by atomic mass is 32.2. The summed E-state index contributed by atoms with van der Waals surface area (Å²) in [5, 5.41) is 8.26. The number of nitriles is 1. The Morgan fingerprint density at radius 2 is 1.89 bits per heavy atom. The van der Waals surface area contributed by atoms with E-state index in [2.05, 4.69) is 4.74 Å². The number of ether oxygens (including phenoxy) is 1. The molecule has 0 aliphatic rings. The van der Waals surface area contributed by atoms with E-state index in [1.165, 1.54) is 38.4 Å². The monoisotopic (exact) mass is 268 g/mol. The first-order valence-electron chi connectivity index (χ1n) is 4.96. The summed E-state index contributed by atoms with van der Waals surface area (Å²) in [6, 6.07) is 7.00. The maximum absolute atomic E-state index is 11.8. The minimum Gasteiger partial charge on any atom is -0.447 e. The van der Waals surface area contributed by atoms with Gasteiger partial charge < -0.3 is 4.74 Å². The summed E-state index contributed by atoms with van der Waals surface area (Å²) in [5.41, 5.74) is 0.197. The van der Waals surface area contributed by atoms with Gasteiger partial charge in [-0.1, -0.05) is 0 Å². The van der Waals surface area contributed by atoms with Crippen LogP contribution in [0.5, 0.6) is 0 Å². The van der Waals surface area contributed by atoms with Crippen LogP contribution in [0.25, 0.3) is 0 Å². The van der Waals surface area contributed by atoms with Gasteiger partial charge in [-0.3, -0.25) is 0 Å². The van der Waals surface area contributed by atoms with E-state index < -0.39 is 16.0 Å². The zero-order valence-electron chi connectivity index (χ0n) is 9.95. The predicted octanol–water partition coefficient (Wildman–Crippen LogP) is 0.617. The summed E-state index contributed by atoms with van der Waals surface area (Å²) in [4.78, 5) is 11.5. The molecule has 0 heterocycles. The molecule has 0 amide bonds.